The summed E-state index contributed by atoms with van der Waals surface area (Å²) in [5, 5.41) is 5.19. The molecule has 5 rings (SSSR count). The Morgan fingerprint density at radius 1 is 1.00 bits per heavy atom. The first kappa shape index (κ1) is 22.5. The normalized spacial score (nSPS) is 13.8. The van der Waals surface area contributed by atoms with Crippen molar-refractivity contribution in [2.24, 2.45) is 0 Å². The van der Waals surface area contributed by atoms with E-state index in [2.05, 4.69) is 16.3 Å². The summed E-state index contributed by atoms with van der Waals surface area (Å²) in [6.45, 7) is 3.67. The van der Waals surface area contributed by atoms with Gasteiger partial charge >= 0.3 is 6.09 Å². The van der Waals surface area contributed by atoms with Gasteiger partial charge in [0, 0.05) is 43.4 Å². The van der Waals surface area contributed by atoms with Crippen molar-refractivity contribution in [3.8, 4) is 0 Å². The number of anilines is 2. The van der Waals surface area contributed by atoms with Gasteiger partial charge < -0.3 is 19.9 Å². The van der Waals surface area contributed by atoms with E-state index in [-0.39, 0.29) is 6.09 Å². The molecule has 0 unspecified atom stereocenters. The predicted molar refractivity (Wildman–Crippen MR) is 139 cm³/mol. The van der Waals surface area contributed by atoms with Crippen LogP contribution in [0.15, 0.2) is 72.8 Å². The Kier molecular flexibility index (Phi) is 6.83. The lowest BCUT2D eigenvalue weighted by Crippen LogP contribution is -2.48. The number of fused-ring (bicyclic) bond motifs is 1. The SMILES string of the molecule is O=C(OCc1ccccc1)N1CCN(c2nc3ccc(NCc4ccccc4Cl)cc3s2)CC1. The number of ether oxygens (including phenoxy) is 1. The van der Waals surface area contributed by atoms with Crippen LogP contribution in [0.25, 0.3) is 10.2 Å². The quantitative estimate of drug-likeness (QED) is 0.356. The number of benzene rings is 3. The molecule has 1 aliphatic heterocycles. The fraction of sp³-hybridized carbons (Fsp3) is 0.231. The molecule has 34 heavy (non-hydrogen) atoms. The van der Waals surface area contributed by atoms with E-state index < -0.39 is 0 Å². The Hall–Kier alpha value is -3.29. The first-order valence-corrected chi connectivity index (χ1v) is 12.4. The molecule has 0 atom stereocenters. The first-order valence-electron chi connectivity index (χ1n) is 11.2. The van der Waals surface area contributed by atoms with Crippen molar-refractivity contribution in [2.75, 3.05) is 36.4 Å². The van der Waals surface area contributed by atoms with Crippen LogP contribution >= 0.6 is 22.9 Å². The third-order valence-corrected chi connectivity index (χ3v) is 7.28. The highest BCUT2D eigenvalue weighted by Gasteiger charge is 2.24. The maximum absolute atomic E-state index is 12.4. The van der Waals surface area contributed by atoms with Gasteiger partial charge in [0.15, 0.2) is 5.13 Å². The summed E-state index contributed by atoms with van der Waals surface area (Å²) in [5.41, 5.74) is 4.07. The van der Waals surface area contributed by atoms with Crippen LogP contribution in [0.5, 0.6) is 0 Å². The maximum Gasteiger partial charge on any atom is 0.410 e. The van der Waals surface area contributed by atoms with Crippen LogP contribution in [0.4, 0.5) is 15.6 Å². The molecule has 0 saturated carbocycles. The Balaban J connectivity index is 1.16. The van der Waals surface area contributed by atoms with Gasteiger partial charge in [-0.25, -0.2) is 9.78 Å². The Labute approximate surface area is 207 Å². The van der Waals surface area contributed by atoms with Crippen molar-refractivity contribution in [1.82, 2.24) is 9.88 Å². The summed E-state index contributed by atoms with van der Waals surface area (Å²) in [4.78, 5) is 21.3. The second kappa shape index (κ2) is 10.3. The minimum atomic E-state index is -0.262. The van der Waals surface area contributed by atoms with Crippen LogP contribution in [0.3, 0.4) is 0 Å². The van der Waals surface area contributed by atoms with E-state index in [1.807, 2.05) is 66.7 Å². The second-order valence-corrected chi connectivity index (χ2v) is 9.55. The third-order valence-electron chi connectivity index (χ3n) is 5.83. The summed E-state index contributed by atoms with van der Waals surface area (Å²) in [6, 6.07) is 23.8. The number of nitrogens with one attached hydrogen (secondary N) is 1. The van der Waals surface area contributed by atoms with Gasteiger partial charge in [0.05, 0.1) is 10.2 Å². The molecule has 1 saturated heterocycles. The number of hydrogen-bond acceptors (Lipinski definition) is 6. The lowest BCUT2D eigenvalue weighted by atomic mass is 10.2. The summed E-state index contributed by atoms with van der Waals surface area (Å²) in [6.07, 6.45) is -0.262. The fourth-order valence-corrected chi connectivity index (χ4v) is 5.15. The molecule has 2 heterocycles. The molecular formula is C26H25ClN4O2S. The van der Waals surface area contributed by atoms with Crippen molar-refractivity contribution in [1.29, 1.82) is 0 Å². The Bertz CT molecular complexity index is 1270. The van der Waals surface area contributed by atoms with Gasteiger partial charge in [0.1, 0.15) is 6.61 Å². The van der Waals surface area contributed by atoms with Gasteiger partial charge in [-0.3, -0.25) is 0 Å². The van der Waals surface area contributed by atoms with Crippen LogP contribution < -0.4 is 10.2 Å². The van der Waals surface area contributed by atoms with E-state index in [0.29, 0.717) is 26.2 Å². The van der Waals surface area contributed by atoms with Gasteiger partial charge in [0.2, 0.25) is 0 Å². The number of hydrogen-bond donors (Lipinski definition) is 1. The number of thiazole rings is 1. The van der Waals surface area contributed by atoms with E-state index in [1.54, 1.807) is 16.2 Å². The molecule has 1 aromatic heterocycles. The highest BCUT2D eigenvalue weighted by Crippen LogP contribution is 2.31. The first-order chi connectivity index (χ1) is 16.7. The van der Waals surface area contributed by atoms with Crippen molar-refractivity contribution < 1.29 is 9.53 Å². The Morgan fingerprint density at radius 2 is 1.76 bits per heavy atom. The van der Waals surface area contributed by atoms with Gasteiger partial charge in [-0.05, 0) is 35.4 Å². The monoisotopic (exact) mass is 492 g/mol. The Morgan fingerprint density at radius 3 is 2.56 bits per heavy atom. The average Bonchev–Trinajstić information content (AvgIpc) is 3.31. The summed E-state index contributed by atoms with van der Waals surface area (Å²) < 4.78 is 6.60. The van der Waals surface area contributed by atoms with Crippen LogP contribution in [-0.4, -0.2) is 42.2 Å². The van der Waals surface area contributed by atoms with Gasteiger partial charge in [0.25, 0.3) is 0 Å². The fourth-order valence-electron chi connectivity index (χ4n) is 3.89. The van der Waals surface area contributed by atoms with Gasteiger partial charge in [-0.1, -0.05) is 71.5 Å². The highest BCUT2D eigenvalue weighted by atomic mass is 35.5. The third kappa shape index (κ3) is 5.26. The summed E-state index contributed by atoms with van der Waals surface area (Å²) >= 11 is 7.94. The number of nitrogens with zero attached hydrogens (tertiary/aromatic N) is 3. The molecule has 1 amide bonds. The van der Waals surface area contributed by atoms with Crippen molar-refractivity contribution >= 4 is 50.1 Å². The number of amides is 1. The molecule has 0 aliphatic carbocycles. The summed E-state index contributed by atoms with van der Waals surface area (Å²) in [7, 11) is 0. The zero-order valence-corrected chi connectivity index (χ0v) is 20.2. The zero-order chi connectivity index (χ0) is 23.3. The average molecular weight is 493 g/mol. The molecule has 0 spiro atoms. The van der Waals surface area contributed by atoms with Crippen LogP contribution in [0.1, 0.15) is 11.1 Å². The number of carbonyl (C=O) groups excluding carboxylic acids is 1. The smallest absolute Gasteiger partial charge is 0.410 e. The lowest BCUT2D eigenvalue weighted by Gasteiger charge is -2.33. The molecule has 1 fully saturated rings. The number of halogens is 1. The molecule has 0 bridgehead atoms. The van der Waals surface area contributed by atoms with E-state index in [1.165, 1.54) is 0 Å². The molecule has 0 radical (unpaired) electrons. The number of piperazine rings is 1. The van der Waals surface area contributed by atoms with E-state index >= 15 is 0 Å². The molecule has 4 aromatic rings. The number of aromatic nitrogens is 1. The molecule has 8 heteroatoms. The molecule has 1 N–H and O–H groups in total. The molecule has 1 aliphatic rings. The van der Waals surface area contributed by atoms with E-state index in [9.17, 15) is 4.79 Å². The van der Waals surface area contributed by atoms with Crippen LogP contribution in [-0.2, 0) is 17.9 Å². The van der Waals surface area contributed by atoms with Gasteiger partial charge in [-0.15, -0.1) is 0 Å². The van der Waals surface area contributed by atoms with E-state index in [0.717, 1.165) is 50.3 Å². The van der Waals surface area contributed by atoms with Gasteiger partial charge in [-0.2, -0.15) is 0 Å². The van der Waals surface area contributed by atoms with Crippen molar-refractivity contribution in [3.05, 3.63) is 88.9 Å². The number of rotatable bonds is 6. The highest BCUT2D eigenvalue weighted by molar-refractivity contribution is 7.22. The molecular weight excluding hydrogens is 468 g/mol. The predicted octanol–water partition coefficient (Wildman–Crippen LogP) is 6.02. The lowest BCUT2D eigenvalue weighted by molar-refractivity contribution is 0.0942. The number of carbonyl (C=O) groups is 1. The minimum Gasteiger partial charge on any atom is -0.445 e. The van der Waals surface area contributed by atoms with Crippen LogP contribution in [0, 0.1) is 0 Å². The zero-order valence-electron chi connectivity index (χ0n) is 18.6. The minimum absolute atomic E-state index is 0.262. The second-order valence-electron chi connectivity index (χ2n) is 8.14. The van der Waals surface area contributed by atoms with Crippen molar-refractivity contribution in [3.63, 3.8) is 0 Å². The molecule has 6 nitrogen and oxygen atoms in total. The largest absolute Gasteiger partial charge is 0.445 e. The van der Waals surface area contributed by atoms with Crippen LogP contribution in [0.2, 0.25) is 5.02 Å². The molecule has 3 aromatic carbocycles. The van der Waals surface area contributed by atoms with Crippen molar-refractivity contribution in [2.45, 2.75) is 13.2 Å². The standard InChI is InChI=1S/C26H25ClN4O2S/c27-22-9-5-4-8-20(22)17-28-21-10-11-23-24(16-21)34-25(29-23)30-12-14-31(15-13-30)26(32)33-18-19-6-2-1-3-7-19/h1-11,16,28H,12-15,17-18H2. The summed E-state index contributed by atoms with van der Waals surface area (Å²) in [5.74, 6) is 0. The topological polar surface area (TPSA) is 57.7 Å². The molecule has 174 valence electrons. The van der Waals surface area contributed by atoms with E-state index in [4.69, 9.17) is 21.3 Å². The maximum atomic E-state index is 12.4.